The van der Waals surface area contributed by atoms with E-state index in [1.807, 2.05) is 12.1 Å². The topological polar surface area (TPSA) is 38.3 Å². The zero-order chi connectivity index (χ0) is 13.0. The van der Waals surface area contributed by atoms with Crippen molar-refractivity contribution < 1.29 is 9.53 Å². The molecule has 0 heterocycles. The lowest BCUT2D eigenvalue weighted by molar-refractivity contribution is 0.0944. The van der Waals surface area contributed by atoms with E-state index < -0.39 is 0 Å². The van der Waals surface area contributed by atoms with Crippen LogP contribution in [0.25, 0.3) is 0 Å². The van der Waals surface area contributed by atoms with E-state index in [4.69, 9.17) is 16.3 Å². The van der Waals surface area contributed by atoms with Gasteiger partial charge in [0.1, 0.15) is 5.75 Å². The molecule has 3 nitrogen and oxygen atoms in total. The van der Waals surface area contributed by atoms with Crippen molar-refractivity contribution in [1.29, 1.82) is 0 Å². The number of ether oxygens (including phenoxy) is 1. The van der Waals surface area contributed by atoms with Gasteiger partial charge in [0.25, 0.3) is 5.91 Å². The van der Waals surface area contributed by atoms with Gasteiger partial charge in [0.05, 0.1) is 12.7 Å². The van der Waals surface area contributed by atoms with Crippen molar-refractivity contribution in [2.24, 2.45) is 5.92 Å². The molecule has 1 aromatic carbocycles. The predicted octanol–water partition coefficient (Wildman–Crippen LogP) is 2.83. The summed E-state index contributed by atoms with van der Waals surface area (Å²) in [5, 5.41) is 3.14. The van der Waals surface area contributed by atoms with Gasteiger partial charge in [-0.15, -0.1) is 11.6 Å². The smallest absolute Gasteiger partial charge is 0.255 e. The minimum atomic E-state index is -0.0942. The summed E-state index contributed by atoms with van der Waals surface area (Å²) in [5.74, 6) is 0.900. The summed E-state index contributed by atoms with van der Waals surface area (Å²) in [6, 6.07) is 7.23. The fourth-order valence-corrected chi connectivity index (χ4v) is 2.74. The van der Waals surface area contributed by atoms with Crippen LogP contribution in [0.1, 0.15) is 29.6 Å². The second kappa shape index (κ2) is 6.10. The Bertz CT molecular complexity index is 422. The van der Waals surface area contributed by atoms with Crippen molar-refractivity contribution in [3.8, 4) is 5.75 Å². The van der Waals surface area contributed by atoms with E-state index in [2.05, 4.69) is 5.32 Å². The Morgan fingerprint density at radius 2 is 2.22 bits per heavy atom. The Labute approximate surface area is 112 Å². The van der Waals surface area contributed by atoms with E-state index in [0.717, 1.165) is 19.3 Å². The maximum absolute atomic E-state index is 12.1. The lowest BCUT2D eigenvalue weighted by Crippen LogP contribution is -2.31. The van der Waals surface area contributed by atoms with Gasteiger partial charge in [0.2, 0.25) is 0 Å². The van der Waals surface area contributed by atoms with Crippen LogP contribution in [-0.4, -0.2) is 24.9 Å². The molecule has 1 N–H and O–H groups in total. The van der Waals surface area contributed by atoms with E-state index in [9.17, 15) is 4.79 Å². The van der Waals surface area contributed by atoms with Crippen LogP contribution in [0.15, 0.2) is 24.3 Å². The van der Waals surface area contributed by atoms with Gasteiger partial charge in [-0.25, -0.2) is 0 Å². The van der Waals surface area contributed by atoms with Crippen molar-refractivity contribution in [1.82, 2.24) is 5.32 Å². The summed E-state index contributed by atoms with van der Waals surface area (Å²) >= 11 is 6.19. The van der Waals surface area contributed by atoms with Gasteiger partial charge in [-0.2, -0.15) is 0 Å². The van der Waals surface area contributed by atoms with Gasteiger partial charge in [-0.3, -0.25) is 4.79 Å². The highest BCUT2D eigenvalue weighted by Gasteiger charge is 2.25. The highest BCUT2D eigenvalue weighted by atomic mass is 35.5. The summed E-state index contributed by atoms with van der Waals surface area (Å²) in [6.45, 7) is 0.644. The number of hydrogen-bond acceptors (Lipinski definition) is 2. The first kappa shape index (κ1) is 13.2. The average molecular weight is 268 g/mol. The number of para-hydroxylation sites is 1. The molecule has 18 heavy (non-hydrogen) atoms. The van der Waals surface area contributed by atoms with Crippen molar-refractivity contribution in [3.05, 3.63) is 29.8 Å². The van der Waals surface area contributed by atoms with Crippen LogP contribution < -0.4 is 10.1 Å². The Hall–Kier alpha value is -1.22. The van der Waals surface area contributed by atoms with E-state index in [0.29, 0.717) is 23.8 Å². The Kier molecular flexibility index (Phi) is 4.48. The molecule has 1 fully saturated rings. The molecule has 1 amide bonds. The highest BCUT2D eigenvalue weighted by Crippen LogP contribution is 2.29. The summed E-state index contributed by atoms with van der Waals surface area (Å²) in [6.07, 6.45) is 3.31. The Morgan fingerprint density at radius 3 is 2.89 bits per heavy atom. The molecule has 0 aliphatic heterocycles. The third-order valence-corrected chi connectivity index (χ3v) is 4.02. The number of hydrogen-bond donors (Lipinski definition) is 1. The molecule has 0 aromatic heterocycles. The van der Waals surface area contributed by atoms with Crippen LogP contribution in [0.5, 0.6) is 5.75 Å². The maximum Gasteiger partial charge on any atom is 0.255 e. The standard InChI is InChI=1S/C14H18ClNO2/c1-18-13-8-3-2-6-11(13)14(17)16-9-10-5-4-7-12(10)15/h2-3,6,8,10,12H,4-5,7,9H2,1H3,(H,16,17). The molecule has 1 aliphatic rings. The number of alkyl halides is 1. The molecule has 98 valence electrons. The summed E-state index contributed by atoms with van der Waals surface area (Å²) in [7, 11) is 1.57. The van der Waals surface area contributed by atoms with E-state index >= 15 is 0 Å². The summed E-state index contributed by atoms with van der Waals surface area (Å²) < 4.78 is 5.17. The van der Waals surface area contributed by atoms with Gasteiger partial charge in [-0.05, 0) is 30.9 Å². The minimum absolute atomic E-state index is 0.0942. The minimum Gasteiger partial charge on any atom is -0.496 e. The fourth-order valence-electron chi connectivity index (χ4n) is 2.37. The maximum atomic E-state index is 12.1. The molecule has 1 saturated carbocycles. The molecule has 2 rings (SSSR count). The second-order valence-electron chi connectivity index (χ2n) is 4.62. The largest absolute Gasteiger partial charge is 0.496 e. The molecule has 1 aliphatic carbocycles. The van der Waals surface area contributed by atoms with Gasteiger partial charge >= 0.3 is 0 Å². The number of nitrogens with one attached hydrogen (secondary N) is 1. The molecule has 0 saturated heterocycles. The summed E-state index contributed by atoms with van der Waals surface area (Å²) in [4.78, 5) is 12.1. The van der Waals surface area contributed by atoms with Crippen LogP contribution in [-0.2, 0) is 0 Å². The van der Waals surface area contributed by atoms with Crippen LogP contribution in [0.3, 0.4) is 0 Å². The fraction of sp³-hybridized carbons (Fsp3) is 0.500. The zero-order valence-electron chi connectivity index (χ0n) is 10.5. The lowest BCUT2D eigenvalue weighted by atomic mass is 10.1. The lowest BCUT2D eigenvalue weighted by Gasteiger charge is -2.15. The van der Waals surface area contributed by atoms with Crippen molar-refractivity contribution >= 4 is 17.5 Å². The first-order valence-electron chi connectivity index (χ1n) is 6.27. The van der Waals surface area contributed by atoms with Gasteiger partial charge in [-0.1, -0.05) is 18.6 Å². The number of carbonyl (C=O) groups excluding carboxylic acids is 1. The first-order chi connectivity index (χ1) is 8.72. The van der Waals surface area contributed by atoms with Crippen LogP contribution >= 0.6 is 11.6 Å². The molecular formula is C14H18ClNO2. The number of methoxy groups -OCH3 is 1. The Morgan fingerprint density at radius 1 is 1.44 bits per heavy atom. The quantitative estimate of drug-likeness (QED) is 0.852. The highest BCUT2D eigenvalue weighted by molar-refractivity contribution is 6.21. The normalized spacial score (nSPS) is 22.8. The average Bonchev–Trinajstić information content (AvgIpc) is 2.81. The van der Waals surface area contributed by atoms with E-state index in [-0.39, 0.29) is 11.3 Å². The monoisotopic (exact) mass is 267 g/mol. The van der Waals surface area contributed by atoms with Crippen molar-refractivity contribution in [2.75, 3.05) is 13.7 Å². The molecule has 0 spiro atoms. The molecule has 2 atom stereocenters. The zero-order valence-corrected chi connectivity index (χ0v) is 11.2. The Balaban J connectivity index is 1.95. The molecule has 0 radical (unpaired) electrons. The van der Waals surface area contributed by atoms with Gasteiger partial charge in [0, 0.05) is 11.9 Å². The van der Waals surface area contributed by atoms with Gasteiger partial charge in [0.15, 0.2) is 0 Å². The SMILES string of the molecule is COc1ccccc1C(=O)NCC1CCCC1Cl. The first-order valence-corrected chi connectivity index (χ1v) is 6.71. The molecular weight excluding hydrogens is 250 g/mol. The number of halogens is 1. The number of amides is 1. The van der Waals surface area contributed by atoms with Crippen LogP contribution in [0.2, 0.25) is 0 Å². The summed E-state index contributed by atoms with van der Waals surface area (Å²) in [5.41, 5.74) is 0.573. The van der Waals surface area contributed by atoms with Crippen LogP contribution in [0, 0.1) is 5.92 Å². The molecule has 0 bridgehead atoms. The number of benzene rings is 1. The predicted molar refractivity (Wildman–Crippen MR) is 72.3 cm³/mol. The second-order valence-corrected chi connectivity index (χ2v) is 5.18. The number of carbonyl (C=O) groups is 1. The third-order valence-electron chi connectivity index (χ3n) is 3.44. The number of rotatable bonds is 4. The van der Waals surface area contributed by atoms with Crippen LogP contribution in [0.4, 0.5) is 0 Å². The third kappa shape index (κ3) is 2.96. The van der Waals surface area contributed by atoms with E-state index in [1.165, 1.54) is 0 Å². The molecule has 1 aromatic rings. The van der Waals surface area contributed by atoms with Gasteiger partial charge < -0.3 is 10.1 Å². The molecule has 2 unspecified atom stereocenters. The van der Waals surface area contributed by atoms with Crippen molar-refractivity contribution in [3.63, 3.8) is 0 Å². The van der Waals surface area contributed by atoms with Crippen molar-refractivity contribution in [2.45, 2.75) is 24.6 Å². The molecule has 4 heteroatoms. The van der Waals surface area contributed by atoms with E-state index in [1.54, 1.807) is 19.2 Å².